The lowest BCUT2D eigenvalue weighted by atomic mass is 10.1. The first kappa shape index (κ1) is 14.8. The van der Waals surface area contributed by atoms with Gasteiger partial charge in [-0.2, -0.15) is 0 Å². The van der Waals surface area contributed by atoms with E-state index in [0.717, 1.165) is 32.4 Å². The Balaban J connectivity index is 2.32. The minimum absolute atomic E-state index is 0.0204. The summed E-state index contributed by atoms with van der Waals surface area (Å²) in [7, 11) is 0. The van der Waals surface area contributed by atoms with Gasteiger partial charge in [-0.1, -0.05) is 13.3 Å². The van der Waals surface area contributed by atoms with Gasteiger partial charge in [-0.3, -0.25) is 4.79 Å². The van der Waals surface area contributed by atoms with Gasteiger partial charge in [0.2, 0.25) is 0 Å². The van der Waals surface area contributed by atoms with E-state index in [1.807, 2.05) is 6.92 Å². The van der Waals surface area contributed by atoms with Crippen LogP contribution in [-0.2, 0) is 4.79 Å². The van der Waals surface area contributed by atoms with Crippen molar-refractivity contribution < 1.29 is 14.7 Å². The largest absolute Gasteiger partial charge is 0.481 e. The summed E-state index contributed by atoms with van der Waals surface area (Å²) in [5.74, 6) is -0.879. The maximum atomic E-state index is 11.7. The Hall–Kier alpha value is -1.30. The SMILES string of the molecule is CCCC(CC(=O)O)NC(=O)NC1CCNCC1. The summed E-state index contributed by atoms with van der Waals surface area (Å²) in [5.41, 5.74) is 0. The van der Waals surface area contributed by atoms with E-state index < -0.39 is 5.97 Å². The Labute approximate surface area is 108 Å². The number of aliphatic carboxylic acids is 1. The van der Waals surface area contributed by atoms with Crippen molar-refractivity contribution in [1.82, 2.24) is 16.0 Å². The van der Waals surface area contributed by atoms with Crippen LogP contribution >= 0.6 is 0 Å². The predicted octanol–water partition coefficient (Wildman–Crippen LogP) is 0.681. The van der Waals surface area contributed by atoms with Crippen molar-refractivity contribution in [3.05, 3.63) is 0 Å². The van der Waals surface area contributed by atoms with Gasteiger partial charge < -0.3 is 21.1 Å². The van der Waals surface area contributed by atoms with Gasteiger partial charge in [0.1, 0.15) is 0 Å². The third-order valence-electron chi connectivity index (χ3n) is 3.07. The van der Waals surface area contributed by atoms with Crippen molar-refractivity contribution >= 4 is 12.0 Å². The normalized spacial score (nSPS) is 18.1. The molecule has 0 saturated carbocycles. The van der Waals surface area contributed by atoms with Crippen LogP contribution in [0.2, 0.25) is 0 Å². The molecular weight excluding hydrogens is 234 g/mol. The highest BCUT2D eigenvalue weighted by molar-refractivity contribution is 5.76. The molecule has 1 heterocycles. The lowest BCUT2D eigenvalue weighted by Crippen LogP contribution is -2.49. The van der Waals surface area contributed by atoms with Crippen LogP contribution in [0.5, 0.6) is 0 Å². The highest BCUT2D eigenvalue weighted by Crippen LogP contribution is 2.04. The molecule has 1 aliphatic heterocycles. The minimum Gasteiger partial charge on any atom is -0.481 e. The van der Waals surface area contributed by atoms with Crippen molar-refractivity contribution in [3.63, 3.8) is 0 Å². The number of carboxylic acids is 1. The molecule has 1 atom stereocenters. The van der Waals surface area contributed by atoms with Crippen molar-refractivity contribution in [2.24, 2.45) is 0 Å². The van der Waals surface area contributed by atoms with E-state index in [1.165, 1.54) is 0 Å². The zero-order valence-electron chi connectivity index (χ0n) is 10.9. The molecule has 0 aromatic carbocycles. The summed E-state index contributed by atoms with van der Waals surface area (Å²) in [6, 6.07) is -0.339. The first-order valence-corrected chi connectivity index (χ1v) is 6.61. The third kappa shape index (κ3) is 5.86. The molecule has 6 heteroatoms. The highest BCUT2D eigenvalue weighted by Gasteiger charge is 2.18. The van der Waals surface area contributed by atoms with E-state index in [2.05, 4.69) is 16.0 Å². The van der Waals surface area contributed by atoms with Gasteiger partial charge in [0.05, 0.1) is 6.42 Å². The molecule has 1 fully saturated rings. The number of carboxylic acid groups (broad SMARTS) is 1. The van der Waals surface area contributed by atoms with Crippen LogP contribution in [0, 0.1) is 0 Å². The molecular formula is C12H23N3O3. The van der Waals surface area contributed by atoms with Gasteiger partial charge in [0, 0.05) is 12.1 Å². The van der Waals surface area contributed by atoms with Crippen LogP contribution < -0.4 is 16.0 Å². The molecule has 1 rings (SSSR count). The van der Waals surface area contributed by atoms with Crippen LogP contribution in [0.4, 0.5) is 4.79 Å². The Morgan fingerprint density at radius 3 is 2.61 bits per heavy atom. The first-order chi connectivity index (χ1) is 8.61. The number of carbonyl (C=O) groups excluding carboxylic acids is 1. The van der Waals surface area contributed by atoms with Gasteiger partial charge in [0.25, 0.3) is 0 Å². The Kier molecular flexibility index (Phi) is 6.49. The van der Waals surface area contributed by atoms with Crippen LogP contribution in [0.25, 0.3) is 0 Å². The van der Waals surface area contributed by atoms with Gasteiger partial charge in [-0.15, -0.1) is 0 Å². The number of rotatable bonds is 6. The summed E-state index contributed by atoms with van der Waals surface area (Å²) in [6.07, 6.45) is 3.36. The third-order valence-corrected chi connectivity index (χ3v) is 3.07. The zero-order chi connectivity index (χ0) is 13.4. The van der Waals surface area contributed by atoms with Gasteiger partial charge >= 0.3 is 12.0 Å². The summed E-state index contributed by atoms with van der Waals surface area (Å²) in [5, 5.41) is 17.6. The van der Waals surface area contributed by atoms with Crippen molar-refractivity contribution in [3.8, 4) is 0 Å². The van der Waals surface area contributed by atoms with Crippen molar-refractivity contribution in [2.45, 2.75) is 51.1 Å². The second-order valence-electron chi connectivity index (χ2n) is 4.73. The minimum atomic E-state index is -0.879. The smallest absolute Gasteiger partial charge is 0.315 e. The number of urea groups is 1. The van der Waals surface area contributed by atoms with Crippen molar-refractivity contribution in [2.75, 3.05) is 13.1 Å². The van der Waals surface area contributed by atoms with Gasteiger partial charge in [0.15, 0.2) is 0 Å². The van der Waals surface area contributed by atoms with Gasteiger partial charge in [-0.05, 0) is 32.4 Å². The summed E-state index contributed by atoms with van der Waals surface area (Å²) < 4.78 is 0. The Morgan fingerprint density at radius 2 is 2.06 bits per heavy atom. The molecule has 0 aromatic heterocycles. The lowest BCUT2D eigenvalue weighted by molar-refractivity contribution is -0.137. The molecule has 1 saturated heterocycles. The number of hydrogen-bond donors (Lipinski definition) is 4. The van der Waals surface area contributed by atoms with E-state index >= 15 is 0 Å². The van der Waals surface area contributed by atoms with E-state index in [0.29, 0.717) is 6.42 Å². The molecule has 0 bridgehead atoms. The zero-order valence-corrected chi connectivity index (χ0v) is 10.9. The molecule has 4 N–H and O–H groups in total. The topological polar surface area (TPSA) is 90.5 Å². The summed E-state index contributed by atoms with van der Waals surface area (Å²) in [6.45, 7) is 3.80. The maximum Gasteiger partial charge on any atom is 0.315 e. The quantitative estimate of drug-likeness (QED) is 0.563. The lowest BCUT2D eigenvalue weighted by Gasteiger charge is -2.25. The van der Waals surface area contributed by atoms with E-state index in [1.54, 1.807) is 0 Å². The van der Waals surface area contributed by atoms with Crippen LogP contribution in [0.15, 0.2) is 0 Å². The second kappa shape index (κ2) is 7.92. The van der Waals surface area contributed by atoms with E-state index in [9.17, 15) is 9.59 Å². The maximum absolute atomic E-state index is 11.7. The Morgan fingerprint density at radius 1 is 1.39 bits per heavy atom. The second-order valence-corrected chi connectivity index (χ2v) is 4.73. The first-order valence-electron chi connectivity index (χ1n) is 6.61. The average molecular weight is 257 g/mol. The number of nitrogens with one attached hydrogen (secondary N) is 3. The Bertz CT molecular complexity index is 278. The van der Waals surface area contributed by atoms with Gasteiger partial charge in [-0.25, -0.2) is 4.79 Å². The van der Waals surface area contributed by atoms with Crippen LogP contribution in [0.3, 0.4) is 0 Å². The van der Waals surface area contributed by atoms with Crippen LogP contribution in [-0.4, -0.2) is 42.3 Å². The molecule has 0 aliphatic carbocycles. The number of hydrogen-bond acceptors (Lipinski definition) is 3. The van der Waals surface area contributed by atoms with Crippen molar-refractivity contribution in [1.29, 1.82) is 0 Å². The van der Waals surface area contributed by atoms with E-state index in [4.69, 9.17) is 5.11 Å². The molecule has 18 heavy (non-hydrogen) atoms. The fourth-order valence-electron chi connectivity index (χ4n) is 2.16. The number of carbonyl (C=O) groups is 2. The molecule has 1 unspecified atom stereocenters. The molecule has 104 valence electrons. The molecule has 6 nitrogen and oxygen atoms in total. The number of piperidine rings is 1. The molecule has 1 aliphatic rings. The van der Waals surface area contributed by atoms with E-state index in [-0.39, 0.29) is 24.5 Å². The number of amides is 2. The average Bonchev–Trinajstić information content (AvgIpc) is 2.29. The fraction of sp³-hybridized carbons (Fsp3) is 0.833. The molecule has 0 aromatic rings. The predicted molar refractivity (Wildman–Crippen MR) is 68.5 cm³/mol. The highest BCUT2D eigenvalue weighted by atomic mass is 16.4. The molecule has 0 radical (unpaired) electrons. The summed E-state index contributed by atoms with van der Waals surface area (Å²) >= 11 is 0. The fourth-order valence-corrected chi connectivity index (χ4v) is 2.16. The molecule has 2 amide bonds. The monoisotopic (exact) mass is 257 g/mol. The standard InChI is InChI=1S/C12H23N3O3/c1-2-3-10(8-11(16)17)15-12(18)14-9-4-6-13-7-5-9/h9-10,13H,2-8H2,1H3,(H,16,17)(H2,14,15,18). The summed E-state index contributed by atoms with van der Waals surface area (Å²) in [4.78, 5) is 22.4. The molecule has 0 spiro atoms. The van der Waals surface area contributed by atoms with Crippen LogP contribution in [0.1, 0.15) is 39.0 Å².